The van der Waals surface area contributed by atoms with Crippen LogP contribution in [0.1, 0.15) is 10.4 Å². The van der Waals surface area contributed by atoms with E-state index in [0.29, 0.717) is 22.9 Å². The van der Waals surface area contributed by atoms with Gasteiger partial charge in [0.1, 0.15) is 5.75 Å². The van der Waals surface area contributed by atoms with Gasteiger partial charge in [0, 0.05) is 17.3 Å². The molecule has 0 spiro atoms. The Labute approximate surface area is 148 Å². The first-order valence-electron chi connectivity index (χ1n) is 6.59. The molecule has 1 amide bonds. The van der Waals surface area contributed by atoms with Crippen molar-refractivity contribution in [3.8, 4) is 5.75 Å². The summed E-state index contributed by atoms with van der Waals surface area (Å²) in [5.41, 5.74) is 1.37. The maximum atomic E-state index is 12.9. The number of benzene rings is 2. The van der Waals surface area contributed by atoms with E-state index in [2.05, 4.69) is 29.2 Å². The van der Waals surface area contributed by atoms with Crippen LogP contribution in [-0.2, 0) is 0 Å². The van der Waals surface area contributed by atoms with E-state index in [1.54, 1.807) is 36.3 Å². The molecule has 0 bridgehead atoms. The highest BCUT2D eigenvalue weighted by Gasteiger charge is 2.20. The molecule has 0 aliphatic heterocycles. The Morgan fingerprint density at radius 1 is 1.32 bits per heavy atom. The molecular formula is C17H15ClINO2. The molecule has 0 aliphatic carbocycles. The van der Waals surface area contributed by atoms with Crippen LogP contribution >= 0.6 is 34.2 Å². The molecule has 0 saturated heterocycles. The summed E-state index contributed by atoms with van der Waals surface area (Å²) in [5, 5.41) is 0.630. The number of carbonyl (C=O) groups excluding carboxylic acids is 1. The zero-order chi connectivity index (χ0) is 16.1. The van der Waals surface area contributed by atoms with Crippen molar-refractivity contribution in [1.29, 1.82) is 0 Å². The monoisotopic (exact) mass is 427 g/mol. The number of methoxy groups -OCH3 is 1. The molecule has 2 aromatic carbocycles. The Morgan fingerprint density at radius 3 is 2.59 bits per heavy atom. The fraction of sp³-hybridized carbons (Fsp3) is 0.118. The fourth-order valence-corrected chi connectivity index (χ4v) is 2.97. The minimum absolute atomic E-state index is 0.106. The standard InChI is InChI=1S/C17H15ClINO2/c1-3-11-20(13-9-7-12(18)8-10-13)17(21)14-5-4-6-15(22-2)16(14)19/h3-10H,1,11H2,2H3. The molecule has 22 heavy (non-hydrogen) atoms. The highest BCUT2D eigenvalue weighted by Crippen LogP contribution is 2.27. The second-order valence-corrected chi connectivity index (χ2v) is 6.02. The molecule has 0 atom stereocenters. The summed E-state index contributed by atoms with van der Waals surface area (Å²) < 4.78 is 6.07. The number of rotatable bonds is 5. The van der Waals surface area contributed by atoms with Crippen LogP contribution < -0.4 is 9.64 Å². The maximum Gasteiger partial charge on any atom is 0.259 e. The molecule has 0 N–H and O–H groups in total. The van der Waals surface area contributed by atoms with E-state index in [1.807, 2.05) is 24.3 Å². The van der Waals surface area contributed by atoms with Crippen LogP contribution in [0, 0.1) is 3.57 Å². The number of ether oxygens (including phenoxy) is 1. The van der Waals surface area contributed by atoms with Gasteiger partial charge in [-0.3, -0.25) is 4.79 Å². The molecule has 0 heterocycles. The Kier molecular flexibility index (Phi) is 5.85. The second-order valence-electron chi connectivity index (χ2n) is 4.50. The van der Waals surface area contributed by atoms with Crippen LogP contribution in [0.4, 0.5) is 5.69 Å². The lowest BCUT2D eigenvalue weighted by Crippen LogP contribution is -2.31. The van der Waals surface area contributed by atoms with Gasteiger partial charge in [-0.25, -0.2) is 0 Å². The molecule has 0 unspecified atom stereocenters. The molecule has 114 valence electrons. The molecule has 3 nitrogen and oxygen atoms in total. The van der Waals surface area contributed by atoms with Gasteiger partial charge < -0.3 is 9.64 Å². The maximum absolute atomic E-state index is 12.9. The molecule has 2 rings (SSSR count). The largest absolute Gasteiger partial charge is 0.496 e. The van der Waals surface area contributed by atoms with Crippen LogP contribution in [0.5, 0.6) is 5.75 Å². The normalized spacial score (nSPS) is 10.1. The van der Waals surface area contributed by atoms with Gasteiger partial charge in [0.05, 0.1) is 16.2 Å². The Balaban J connectivity index is 2.42. The van der Waals surface area contributed by atoms with Crippen molar-refractivity contribution in [3.63, 3.8) is 0 Å². The molecule has 2 aromatic rings. The van der Waals surface area contributed by atoms with Gasteiger partial charge in [-0.15, -0.1) is 6.58 Å². The molecule has 0 radical (unpaired) electrons. The zero-order valence-electron chi connectivity index (χ0n) is 12.1. The second kappa shape index (κ2) is 7.65. The highest BCUT2D eigenvalue weighted by molar-refractivity contribution is 14.1. The van der Waals surface area contributed by atoms with Crippen LogP contribution in [0.15, 0.2) is 55.1 Å². The predicted octanol–water partition coefficient (Wildman–Crippen LogP) is 4.79. The molecular weight excluding hydrogens is 413 g/mol. The summed E-state index contributed by atoms with van der Waals surface area (Å²) in [4.78, 5) is 14.5. The summed E-state index contributed by atoms with van der Waals surface area (Å²) >= 11 is 8.04. The van der Waals surface area contributed by atoms with Crippen LogP contribution in [-0.4, -0.2) is 19.6 Å². The van der Waals surface area contributed by atoms with E-state index in [4.69, 9.17) is 16.3 Å². The topological polar surface area (TPSA) is 29.5 Å². The lowest BCUT2D eigenvalue weighted by atomic mass is 10.1. The summed E-state index contributed by atoms with van der Waals surface area (Å²) in [6, 6.07) is 12.6. The third-order valence-corrected chi connectivity index (χ3v) is 4.47. The number of amides is 1. The van der Waals surface area contributed by atoms with Crippen molar-refractivity contribution >= 4 is 45.8 Å². The molecule has 0 saturated carbocycles. The average Bonchev–Trinajstić information content (AvgIpc) is 2.53. The van der Waals surface area contributed by atoms with E-state index >= 15 is 0 Å². The van der Waals surface area contributed by atoms with Crippen LogP contribution in [0.3, 0.4) is 0 Å². The zero-order valence-corrected chi connectivity index (χ0v) is 15.0. The Morgan fingerprint density at radius 2 is 2.00 bits per heavy atom. The van der Waals surface area contributed by atoms with Gasteiger partial charge in [0.25, 0.3) is 5.91 Å². The van der Waals surface area contributed by atoms with Crippen molar-refractivity contribution in [1.82, 2.24) is 0 Å². The van der Waals surface area contributed by atoms with Gasteiger partial charge in [0.2, 0.25) is 0 Å². The number of nitrogens with zero attached hydrogens (tertiary/aromatic N) is 1. The molecule has 0 fully saturated rings. The van der Waals surface area contributed by atoms with Gasteiger partial charge in [-0.2, -0.15) is 0 Å². The van der Waals surface area contributed by atoms with Gasteiger partial charge >= 0.3 is 0 Å². The summed E-state index contributed by atoms with van der Waals surface area (Å²) in [7, 11) is 1.59. The Bertz CT molecular complexity index is 686. The first kappa shape index (κ1) is 16.8. The minimum atomic E-state index is -0.106. The Hall–Kier alpha value is -1.53. The SMILES string of the molecule is C=CCN(C(=O)c1cccc(OC)c1I)c1ccc(Cl)cc1. The molecule has 0 aromatic heterocycles. The number of halogens is 2. The first-order valence-corrected chi connectivity index (χ1v) is 8.05. The fourth-order valence-electron chi connectivity index (χ4n) is 2.03. The molecule has 0 aliphatic rings. The summed E-state index contributed by atoms with van der Waals surface area (Å²) in [6.45, 7) is 4.14. The van der Waals surface area contributed by atoms with E-state index in [-0.39, 0.29) is 5.91 Å². The number of hydrogen-bond donors (Lipinski definition) is 0. The third-order valence-electron chi connectivity index (χ3n) is 3.11. The quantitative estimate of drug-likeness (QED) is 0.507. The van der Waals surface area contributed by atoms with Crippen molar-refractivity contribution in [2.75, 3.05) is 18.6 Å². The summed E-state index contributed by atoms with van der Waals surface area (Å²) in [6.07, 6.45) is 1.69. The van der Waals surface area contributed by atoms with Crippen LogP contribution in [0.2, 0.25) is 5.02 Å². The average molecular weight is 428 g/mol. The van der Waals surface area contributed by atoms with Gasteiger partial charge in [-0.1, -0.05) is 23.7 Å². The van der Waals surface area contributed by atoms with E-state index in [1.165, 1.54) is 0 Å². The van der Waals surface area contributed by atoms with E-state index < -0.39 is 0 Å². The molecule has 5 heteroatoms. The van der Waals surface area contributed by atoms with Gasteiger partial charge in [-0.05, 0) is 59.0 Å². The van der Waals surface area contributed by atoms with Crippen molar-refractivity contribution in [2.45, 2.75) is 0 Å². The predicted molar refractivity (Wildman–Crippen MR) is 99.0 cm³/mol. The highest BCUT2D eigenvalue weighted by atomic mass is 127. The van der Waals surface area contributed by atoms with E-state index in [0.717, 1.165) is 9.26 Å². The van der Waals surface area contributed by atoms with Crippen LogP contribution in [0.25, 0.3) is 0 Å². The lowest BCUT2D eigenvalue weighted by molar-refractivity contribution is 0.0988. The number of anilines is 1. The van der Waals surface area contributed by atoms with Gasteiger partial charge in [0.15, 0.2) is 0 Å². The first-order chi connectivity index (χ1) is 10.6. The number of hydrogen-bond acceptors (Lipinski definition) is 2. The number of carbonyl (C=O) groups is 1. The van der Waals surface area contributed by atoms with E-state index in [9.17, 15) is 4.79 Å². The van der Waals surface area contributed by atoms with Crippen molar-refractivity contribution in [2.24, 2.45) is 0 Å². The third kappa shape index (κ3) is 3.62. The van der Waals surface area contributed by atoms with Crippen molar-refractivity contribution < 1.29 is 9.53 Å². The minimum Gasteiger partial charge on any atom is -0.496 e. The smallest absolute Gasteiger partial charge is 0.259 e. The van der Waals surface area contributed by atoms with Crippen molar-refractivity contribution in [3.05, 3.63) is 69.3 Å². The lowest BCUT2D eigenvalue weighted by Gasteiger charge is -2.22. The summed E-state index contributed by atoms with van der Waals surface area (Å²) in [5.74, 6) is 0.576.